The van der Waals surface area contributed by atoms with Crippen LogP contribution in [0.4, 0.5) is 4.79 Å². The number of urea groups is 1. The van der Waals surface area contributed by atoms with E-state index in [0.29, 0.717) is 6.54 Å². The first kappa shape index (κ1) is 22.4. The van der Waals surface area contributed by atoms with Gasteiger partial charge in [0, 0.05) is 32.7 Å². The number of amides is 2. The Balaban J connectivity index is 0. The van der Waals surface area contributed by atoms with Gasteiger partial charge in [0.1, 0.15) is 0 Å². The molecule has 0 unspecified atom stereocenters. The molecule has 12 heteroatoms. The molecular weight excluding hydrogens is 318 g/mol. The molecule has 1 aliphatic heterocycles. The van der Waals surface area contributed by atoms with Gasteiger partial charge in [-0.25, -0.2) is 24.0 Å². The maximum atomic E-state index is 11.2. The number of nitrogens with zero attached hydrogens (tertiary/aromatic N) is 1. The van der Waals surface area contributed by atoms with E-state index in [-0.39, 0.29) is 6.03 Å². The molecule has 132 valence electrons. The zero-order valence-corrected chi connectivity index (χ0v) is 12.3. The van der Waals surface area contributed by atoms with Gasteiger partial charge >= 0.3 is 29.9 Å². The van der Waals surface area contributed by atoms with Crippen LogP contribution in [0, 0.1) is 0 Å². The van der Waals surface area contributed by atoms with Crippen LogP contribution in [-0.4, -0.2) is 88.0 Å². The Hall–Kier alpha value is -2.89. The molecular formula is C11H19N3O9. The first-order valence-corrected chi connectivity index (χ1v) is 6.29. The lowest BCUT2D eigenvalue weighted by Gasteiger charge is -2.27. The predicted molar refractivity (Wildman–Crippen MR) is 74.1 cm³/mol. The van der Waals surface area contributed by atoms with Gasteiger partial charge in [-0.2, -0.15) is 0 Å². The van der Waals surface area contributed by atoms with Crippen molar-refractivity contribution in [3.05, 3.63) is 0 Å². The number of hydrogen-bond acceptors (Lipinski definition) is 6. The standard InChI is InChI=1S/C7H15N3O.2C2H2O4/c1-2-9-7(11)10-5-3-8-4-6-10;2*3-1(4)2(5)6/h8H,2-6H2,1H3,(H,9,11);2*(H,3,4)(H,5,6). The largest absolute Gasteiger partial charge is 0.473 e. The van der Waals surface area contributed by atoms with Crippen molar-refractivity contribution >= 4 is 29.9 Å². The number of piperazine rings is 1. The van der Waals surface area contributed by atoms with Gasteiger partial charge in [-0.1, -0.05) is 0 Å². The van der Waals surface area contributed by atoms with Crippen molar-refractivity contribution in [2.75, 3.05) is 32.7 Å². The minimum atomic E-state index is -1.82. The van der Waals surface area contributed by atoms with E-state index in [0.717, 1.165) is 26.2 Å². The average Bonchev–Trinajstić information content (AvgIpc) is 2.49. The van der Waals surface area contributed by atoms with Gasteiger partial charge in [0.25, 0.3) is 0 Å². The molecule has 0 bridgehead atoms. The number of hydrogen-bond donors (Lipinski definition) is 6. The zero-order chi connectivity index (χ0) is 18.4. The van der Waals surface area contributed by atoms with Crippen LogP contribution in [-0.2, 0) is 19.2 Å². The summed E-state index contributed by atoms with van der Waals surface area (Å²) in [5, 5.41) is 35.5. The highest BCUT2D eigenvalue weighted by Gasteiger charge is 2.14. The Morgan fingerprint density at radius 2 is 1.22 bits per heavy atom. The fourth-order valence-electron chi connectivity index (χ4n) is 1.13. The van der Waals surface area contributed by atoms with Crippen molar-refractivity contribution in [3.8, 4) is 0 Å². The number of nitrogens with one attached hydrogen (secondary N) is 2. The van der Waals surface area contributed by atoms with Crippen molar-refractivity contribution in [2.45, 2.75) is 6.92 Å². The summed E-state index contributed by atoms with van der Waals surface area (Å²) in [7, 11) is 0. The summed E-state index contributed by atoms with van der Waals surface area (Å²) in [5.74, 6) is -7.30. The molecule has 12 nitrogen and oxygen atoms in total. The summed E-state index contributed by atoms with van der Waals surface area (Å²) >= 11 is 0. The molecule has 1 saturated heterocycles. The fraction of sp³-hybridized carbons (Fsp3) is 0.545. The molecule has 0 radical (unpaired) electrons. The number of rotatable bonds is 1. The predicted octanol–water partition coefficient (Wildman–Crippen LogP) is -2.07. The minimum Gasteiger partial charge on any atom is -0.473 e. The molecule has 0 aromatic carbocycles. The Morgan fingerprint density at radius 3 is 1.48 bits per heavy atom. The van der Waals surface area contributed by atoms with Crippen LogP contribution in [0.25, 0.3) is 0 Å². The summed E-state index contributed by atoms with van der Waals surface area (Å²) in [6.45, 7) is 6.12. The summed E-state index contributed by atoms with van der Waals surface area (Å²) in [6.07, 6.45) is 0. The third-order valence-corrected chi connectivity index (χ3v) is 2.10. The van der Waals surface area contributed by atoms with Crippen molar-refractivity contribution in [1.29, 1.82) is 0 Å². The molecule has 0 saturated carbocycles. The average molecular weight is 337 g/mol. The third kappa shape index (κ3) is 13.8. The van der Waals surface area contributed by atoms with Crippen LogP contribution >= 0.6 is 0 Å². The SMILES string of the molecule is CCNC(=O)N1CCNCC1.O=C(O)C(=O)O.O=C(O)C(=O)O. The summed E-state index contributed by atoms with van der Waals surface area (Å²) in [4.78, 5) is 49.4. The molecule has 1 fully saturated rings. The molecule has 1 heterocycles. The molecule has 0 aliphatic carbocycles. The second-order valence-corrected chi connectivity index (χ2v) is 3.79. The Bertz CT molecular complexity index is 384. The minimum absolute atomic E-state index is 0.0639. The van der Waals surface area contributed by atoms with E-state index in [2.05, 4.69) is 10.6 Å². The van der Waals surface area contributed by atoms with E-state index in [1.54, 1.807) is 0 Å². The summed E-state index contributed by atoms with van der Waals surface area (Å²) in [6, 6.07) is 0.0639. The van der Waals surface area contributed by atoms with E-state index in [4.69, 9.17) is 39.6 Å². The van der Waals surface area contributed by atoms with Gasteiger partial charge in [0.2, 0.25) is 0 Å². The Kier molecular flexibility index (Phi) is 12.5. The number of carboxylic acids is 4. The van der Waals surface area contributed by atoms with Gasteiger partial charge in [0.05, 0.1) is 0 Å². The van der Waals surface area contributed by atoms with Gasteiger partial charge < -0.3 is 36.0 Å². The molecule has 0 spiro atoms. The summed E-state index contributed by atoms with van der Waals surface area (Å²) < 4.78 is 0. The highest BCUT2D eigenvalue weighted by Crippen LogP contribution is 1.91. The molecule has 23 heavy (non-hydrogen) atoms. The van der Waals surface area contributed by atoms with Crippen LogP contribution in [0.15, 0.2) is 0 Å². The number of carbonyl (C=O) groups excluding carboxylic acids is 1. The maximum Gasteiger partial charge on any atom is 0.414 e. The molecule has 1 rings (SSSR count). The zero-order valence-electron chi connectivity index (χ0n) is 12.3. The van der Waals surface area contributed by atoms with E-state index >= 15 is 0 Å². The van der Waals surface area contributed by atoms with Crippen molar-refractivity contribution in [2.24, 2.45) is 0 Å². The van der Waals surface area contributed by atoms with Crippen LogP contribution in [0.5, 0.6) is 0 Å². The monoisotopic (exact) mass is 337 g/mol. The number of carbonyl (C=O) groups is 5. The lowest BCUT2D eigenvalue weighted by molar-refractivity contribution is -0.159. The van der Waals surface area contributed by atoms with Gasteiger partial charge in [-0.05, 0) is 6.92 Å². The highest BCUT2D eigenvalue weighted by molar-refractivity contribution is 6.27. The second kappa shape index (κ2) is 12.8. The topological polar surface area (TPSA) is 194 Å². The van der Waals surface area contributed by atoms with E-state index in [1.165, 1.54) is 0 Å². The van der Waals surface area contributed by atoms with Crippen molar-refractivity contribution < 1.29 is 44.4 Å². The summed E-state index contributed by atoms with van der Waals surface area (Å²) in [5.41, 5.74) is 0. The van der Waals surface area contributed by atoms with Crippen LogP contribution in [0.1, 0.15) is 6.92 Å². The number of carboxylic acid groups (broad SMARTS) is 4. The lowest BCUT2D eigenvalue weighted by Crippen LogP contribution is -2.50. The Morgan fingerprint density at radius 1 is 0.870 bits per heavy atom. The quantitative estimate of drug-likeness (QED) is 0.289. The smallest absolute Gasteiger partial charge is 0.414 e. The first-order chi connectivity index (χ1) is 10.6. The first-order valence-electron chi connectivity index (χ1n) is 6.29. The molecule has 0 atom stereocenters. The van der Waals surface area contributed by atoms with Gasteiger partial charge in [-0.15, -0.1) is 0 Å². The Labute approximate surface area is 130 Å². The van der Waals surface area contributed by atoms with Crippen molar-refractivity contribution in [1.82, 2.24) is 15.5 Å². The maximum absolute atomic E-state index is 11.2. The fourth-order valence-corrected chi connectivity index (χ4v) is 1.13. The van der Waals surface area contributed by atoms with Crippen LogP contribution in [0.3, 0.4) is 0 Å². The normalized spacial score (nSPS) is 12.5. The van der Waals surface area contributed by atoms with Crippen LogP contribution < -0.4 is 10.6 Å². The molecule has 2 amide bonds. The third-order valence-electron chi connectivity index (χ3n) is 2.10. The van der Waals surface area contributed by atoms with E-state index < -0.39 is 23.9 Å². The lowest BCUT2D eigenvalue weighted by atomic mass is 10.4. The molecule has 0 aromatic heterocycles. The van der Waals surface area contributed by atoms with Gasteiger partial charge in [0.15, 0.2) is 0 Å². The second-order valence-electron chi connectivity index (χ2n) is 3.79. The molecule has 6 N–H and O–H groups in total. The highest BCUT2D eigenvalue weighted by atomic mass is 16.4. The molecule has 0 aromatic rings. The van der Waals surface area contributed by atoms with Crippen molar-refractivity contribution in [3.63, 3.8) is 0 Å². The van der Waals surface area contributed by atoms with Gasteiger partial charge in [-0.3, -0.25) is 0 Å². The molecule has 1 aliphatic rings. The van der Waals surface area contributed by atoms with Crippen LogP contribution in [0.2, 0.25) is 0 Å². The van der Waals surface area contributed by atoms with E-state index in [9.17, 15) is 4.79 Å². The van der Waals surface area contributed by atoms with E-state index in [1.807, 2.05) is 11.8 Å². The number of aliphatic carboxylic acids is 4.